The molecule has 2 atom stereocenters. The molecular formula is C22H22Cl2N4OS. The maximum atomic E-state index is 12.9. The van der Waals surface area contributed by atoms with Crippen molar-refractivity contribution in [3.63, 3.8) is 0 Å². The van der Waals surface area contributed by atoms with Gasteiger partial charge in [0.1, 0.15) is 5.82 Å². The summed E-state index contributed by atoms with van der Waals surface area (Å²) in [5.41, 5.74) is 1.84. The minimum Gasteiger partial charge on any atom is -0.349 e. The minimum atomic E-state index is -0.350. The maximum Gasteiger partial charge on any atom is 0.233 e. The van der Waals surface area contributed by atoms with Crippen LogP contribution in [0.15, 0.2) is 53.7 Å². The molecule has 0 aliphatic heterocycles. The van der Waals surface area contributed by atoms with Gasteiger partial charge in [0, 0.05) is 21.7 Å². The number of hydrogen-bond acceptors (Lipinski definition) is 4. The van der Waals surface area contributed by atoms with Crippen LogP contribution in [0.4, 0.5) is 0 Å². The Labute approximate surface area is 190 Å². The van der Waals surface area contributed by atoms with E-state index < -0.39 is 0 Å². The summed E-state index contributed by atoms with van der Waals surface area (Å²) < 4.78 is 2.08. The molecule has 1 aliphatic rings. The van der Waals surface area contributed by atoms with Crippen LogP contribution < -0.4 is 5.32 Å². The van der Waals surface area contributed by atoms with Crippen LogP contribution in [0.25, 0.3) is 5.69 Å². The van der Waals surface area contributed by atoms with E-state index in [4.69, 9.17) is 23.2 Å². The van der Waals surface area contributed by atoms with Gasteiger partial charge in [-0.1, -0.05) is 59.2 Å². The second-order valence-corrected chi connectivity index (χ2v) is 9.59. The summed E-state index contributed by atoms with van der Waals surface area (Å²) in [6.45, 7) is 3.78. The third-order valence-electron chi connectivity index (χ3n) is 5.05. The zero-order valence-electron chi connectivity index (χ0n) is 16.7. The van der Waals surface area contributed by atoms with Crippen molar-refractivity contribution in [2.75, 3.05) is 0 Å². The second-order valence-electron chi connectivity index (χ2n) is 7.44. The molecular weight excluding hydrogens is 439 g/mol. The van der Waals surface area contributed by atoms with E-state index in [-0.39, 0.29) is 17.2 Å². The summed E-state index contributed by atoms with van der Waals surface area (Å²) >= 11 is 13.7. The quantitative estimate of drug-likeness (QED) is 0.451. The fraction of sp³-hybridized carbons (Fsp3) is 0.318. The lowest BCUT2D eigenvalue weighted by molar-refractivity contribution is -0.120. The van der Waals surface area contributed by atoms with Crippen LogP contribution in [0.3, 0.4) is 0 Å². The number of thioether (sulfide) groups is 1. The van der Waals surface area contributed by atoms with Crippen LogP contribution in [-0.2, 0) is 4.79 Å². The summed E-state index contributed by atoms with van der Waals surface area (Å²) in [6, 6.07) is 15.1. The van der Waals surface area contributed by atoms with Crippen molar-refractivity contribution in [3.8, 4) is 5.69 Å². The van der Waals surface area contributed by atoms with Gasteiger partial charge in [-0.05, 0) is 56.5 Å². The van der Waals surface area contributed by atoms with Crippen molar-refractivity contribution in [2.45, 2.75) is 49.1 Å². The molecule has 0 spiro atoms. The normalized spacial score (nSPS) is 15.6. The van der Waals surface area contributed by atoms with Crippen molar-refractivity contribution in [1.29, 1.82) is 0 Å². The van der Waals surface area contributed by atoms with Crippen LogP contribution in [0, 0.1) is 0 Å². The highest BCUT2D eigenvalue weighted by molar-refractivity contribution is 8.00. The first-order valence-electron chi connectivity index (χ1n) is 9.86. The largest absolute Gasteiger partial charge is 0.349 e. The van der Waals surface area contributed by atoms with E-state index in [0.717, 1.165) is 35.1 Å². The van der Waals surface area contributed by atoms with Gasteiger partial charge in [-0.2, -0.15) is 0 Å². The average molecular weight is 461 g/mol. The molecule has 1 amide bonds. The fourth-order valence-corrected chi connectivity index (χ4v) is 4.71. The van der Waals surface area contributed by atoms with Crippen molar-refractivity contribution >= 4 is 40.9 Å². The van der Waals surface area contributed by atoms with E-state index in [1.165, 1.54) is 11.8 Å². The lowest BCUT2D eigenvalue weighted by Gasteiger charge is -2.19. The fourth-order valence-electron chi connectivity index (χ4n) is 3.26. The molecule has 4 rings (SSSR count). The van der Waals surface area contributed by atoms with Crippen molar-refractivity contribution in [2.24, 2.45) is 0 Å². The molecule has 30 heavy (non-hydrogen) atoms. The predicted octanol–water partition coefficient (Wildman–Crippen LogP) is 5.81. The number of benzene rings is 2. The van der Waals surface area contributed by atoms with Crippen molar-refractivity contribution in [3.05, 3.63) is 70.0 Å². The predicted molar refractivity (Wildman–Crippen MR) is 122 cm³/mol. The molecule has 2 unspecified atom stereocenters. The Kier molecular flexibility index (Phi) is 6.37. The summed E-state index contributed by atoms with van der Waals surface area (Å²) in [5, 5.41) is 13.3. The van der Waals surface area contributed by atoms with E-state index in [1.807, 2.05) is 50.2 Å². The van der Waals surface area contributed by atoms with Gasteiger partial charge in [0.15, 0.2) is 5.16 Å². The van der Waals surface area contributed by atoms with Crippen molar-refractivity contribution in [1.82, 2.24) is 20.1 Å². The van der Waals surface area contributed by atoms with E-state index in [2.05, 4.69) is 20.1 Å². The molecule has 1 N–H and O–H groups in total. The van der Waals surface area contributed by atoms with Gasteiger partial charge in [0.2, 0.25) is 5.91 Å². The third kappa shape index (κ3) is 4.66. The Hall–Kier alpha value is -2.02. The monoisotopic (exact) mass is 460 g/mol. The number of carbonyl (C=O) groups is 1. The van der Waals surface area contributed by atoms with Crippen molar-refractivity contribution < 1.29 is 4.79 Å². The molecule has 0 bridgehead atoms. The standard InChI is InChI=1S/C22H22Cl2N4OS/c1-13(18-11-10-16(23)12-19(18)24)25-21(29)14(2)30-22-27-26-20(15-8-9-15)28(22)17-6-4-3-5-7-17/h3-7,10-15H,8-9H2,1-2H3,(H,25,29). The Morgan fingerprint density at radius 1 is 1.13 bits per heavy atom. The third-order valence-corrected chi connectivity index (χ3v) is 6.66. The number of hydrogen-bond donors (Lipinski definition) is 1. The Balaban J connectivity index is 1.50. The van der Waals surface area contributed by atoms with Crippen LogP contribution in [0.1, 0.15) is 50.0 Å². The molecule has 1 saturated carbocycles. The number of halogens is 2. The van der Waals surface area contributed by atoms with E-state index in [9.17, 15) is 4.79 Å². The zero-order valence-corrected chi connectivity index (χ0v) is 19.0. The van der Waals surface area contributed by atoms with E-state index in [0.29, 0.717) is 16.0 Å². The lowest BCUT2D eigenvalue weighted by Crippen LogP contribution is -2.33. The summed E-state index contributed by atoms with van der Waals surface area (Å²) in [6.07, 6.45) is 2.26. The van der Waals surface area contributed by atoms with Gasteiger partial charge in [0.05, 0.1) is 11.3 Å². The SMILES string of the molecule is CC(Sc1nnc(C2CC2)n1-c1ccccc1)C(=O)NC(C)c1ccc(Cl)cc1Cl. The van der Waals surface area contributed by atoms with Crippen LogP contribution in [0.2, 0.25) is 10.0 Å². The maximum absolute atomic E-state index is 12.9. The molecule has 1 heterocycles. The van der Waals surface area contributed by atoms with Crippen LogP contribution in [0.5, 0.6) is 0 Å². The molecule has 5 nitrogen and oxygen atoms in total. The Morgan fingerprint density at radius 3 is 2.53 bits per heavy atom. The number of para-hydroxylation sites is 1. The highest BCUT2D eigenvalue weighted by Crippen LogP contribution is 2.41. The van der Waals surface area contributed by atoms with Gasteiger partial charge in [0.25, 0.3) is 0 Å². The Bertz CT molecular complexity index is 1050. The van der Waals surface area contributed by atoms with Gasteiger partial charge < -0.3 is 5.32 Å². The number of nitrogens with zero attached hydrogens (tertiary/aromatic N) is 3. The van der Waals surface area contributed by atoms with Crippen LogP contribution >= 0.6 is 35.0 Å². The second kappa shape index (κ2) is 9.00. The topological polar surface area (TPSA) is 59.8 Å². The average Bonchev–Trinajstić information content (AvgIpc) is 3.48. The van der Waals surface area contributed by atoms with Gasteiger partial charge in [-0.15, -0.1) is 10.2 Å². The smallest absolute Gasteiger partial charge is 0.233 e. The molecule has 1 fully saturated rings. The van der Waals surface area contributed by atoms with Gasteiger partial charge in [-0.25, -0.2) is 0 Å². The molecule has 1 aliphatic carbocycles. The summed E-state index contributed by atoms with van der Waals surface area (Å²) in [7, 11) is 0. The molecule has 0 radical (unpaired) electrons. The minimum absolute atomic E-state index is 0.0888. The molecule has 8 heteroatoms. The molecule has 1 aromatic heterocycles. The van der Waals surface area contributed by atoms with Gasteiger partial charge in [-0.3, -0.25) is 9.36 Å². The first-order chi connectivity index (χ1) is 14.4. The number of aromatic nitrogens is 3. The first kappa shape index (κ1) is 21.2. The number of amides is 1. The van der Waals surface area contributed by atoms with E-state index in [1.54, 1.807) is 12.1 Å². The molecule has 3 aromatic rings. The Morgan fingerprint density at radius 2 is 1.87 bits per heavy atom. The lowest BCUT2D eigenvalue weighted by atomic mass is 10.1. The zero-order chi connectivity index (χ0) is 21.3. The van der Waals surface area contributed by atoms with Gasteiger partial charge >= 0.3 is 0 Å². The van der Waals surface area contributed by atoms with E-state index >= 15 is 0 Å². The molecule has 2 aromatic carbocycles. The van der Waals surface area contributed by atoms with Crippen LogP contribution in [-0.4, -0.2) is 25.9 Å². The highest BCUT2D eigenvalue weighted by Gasteiger charge is 2.32. The summed E-state index contributed by atoms with van der Waals surface area (Å²) in [5.74, 6) is 1.33. The first-order valence-corrected chi connectivity index (χ1v) is 11.5. The molecule has 156 valence electrons. The molecule has 0 saturated heterocycles. The highest BCUT2D eigenvalue weighted by atomic mass is 35.5. The number of nitrogens with one attached hydrogen (secondary N) is 1. The number of rotatable bonds is 7. The number of carbonyl (C=O) groups excluding carboxylic acids is 1. The summed E-state index contributed by atoms with van der Waals surface area (Å²) in [4.78, 5) is 12.9.